The van der Waals surface area contributed by atoms with Crippen molar-refractivity contribution < 1.29 is 9.53 Å². The number of amides is 1. The van der Waals surface area contributed by atoms with Crippen LogP contribution >= 0.6 is 22.6 Å². The van der Waals surface area contributed by atoms with Crippen molar-refractivity contribution in [1.82, 2.24) is 5.32 Å². The van der Waals surface area contributed by atoms with Crippen LogP contribution in [0.1, 0.15) is 13.8 Å². The Morgan fingerprint density at radius 1 is 1.78 bits per heavy atom. The molecule has 0 fully saturated rings. The van der Waals surface area contributed by atoms with E-state index < -0.39 is 0 Å². The van der Waals surface area contributed by atoms with Crippen molar-refractivity contribution >= 4 is 28.7 Å². The third-order valence-electron chi connectivity index (χ3n) is 0.554. The molecule has 3 nitrogen and oxygen atoms in total. The van der Waals surface area contributed by atoms with Crippen LogP contribution in [-0.2, 0) is 4.74 Å². The first-order valence-corrected chi connectivity index (χ1v) is 4.20. The van der Waals surface area contributed by atoms with Crippen molar-refractivity contribution in [2.24, 2.45) is 0 Å². The zero-order chi connectivity index (χ0) is 7.28. The van der Waals surface area contributed by atoms with Gasteiger partial charge < -0.3 is 10.1 Å². The van der Waals surface area contributed by atoms with Crippen LogP contribution in [0.15, 0.2) is 0 Å². The van der Waals surface area contributed by atoms with Crippen molar-refractivity contribution in [3.05, 3.63) is 0 Å². The maximum absolute atomic E-state index is 10.5. The number of hydrogen-bond acceptors (Lipinski definition) is 2. The van der Waals surface area contributed by atoms with Gasteiger partial charge in [-0.15, -0.1) is 0 Å². The number of alkyl halides is 1. The second kappa shape index (κ2) is 4.84. The summed E-state index contributed by atoms with van der Waals surface area (Å²) in [4.78, 5) is 10.5. The van der Waals surface area contributed by atoms with Gasteiger partial charge in [0, 0.05) is 0 Å². The molecule has 54 valence electrons. The van der Waals surface area contributed by atoms with Gasteiger partial charge in [-0.1, -0.05) is 22.6 Å². The Morgan fingerprint density at radius 2 is 2.33 bits per heavy atom. The van der Waals surface area contributed by atoms with E-state index in [1.165, 1.54) is 0 Å². The second-order valence-corrected chi connectivity index (χ2v) is 2.53. The quantitative estimate of drug-likeness (QED) is 0.453. The molecule has 0 saturated carbocycles. The molecule has 0 radical (unpaired) electrons. The van der Waals surface area contributed by atoms with E-state index in [1.807, 2.05) is 36.4 Å². The van der Waals surface area contributed by atoms with Gasteiger partial charge in [0.25, 0.3) is 0 Å². The maximum Gasteiger partial charge on any atom is 0.407 e. The Morgan fingerprint density at radius 3 is 2.67 bits per heavy atom. The fraction of sp³-hybridized carbons (Fsp3) is 0.800. The van der Waals surface area contributed by atoms with Crippen molar-refractivity contribution in [1.29, 1.82) is 0 Å². The lowest BCUT2D eigenvalue weighted by atomic mass is 10.5. The molecule has 0 saturated heterocycles. The molecule has 0 spiro atoms. The molecule has 0 heterocycles. The van der Waals surface area contributed by atoms with Gasteiger partial charge >= 0.3 is 6.09 Å². The van der Waals surface area contributed by atoms with E-state index in [0.717, 1.165) is 0 Å². The number of carbonyl (C=O) groups is 1. The molecule has 0 atom stereocenters. The summed E-state index contributed by atoms with van der Waals surface area (Å²) >= 11 is 2.04. The third kappa shape index (κ3) is 5.88. The van der Waals surface area contributed by atoms with Gasteiger partial charge in [0.1, 0.15) is 0 Å². The second-order valence-electron chi connectivity index (χ2n) is 1.76. The number of alkyl carbamates (subject to hydrolysis) is 1. The van der Waals surface area contributed by atoms with Crippen molar-refractivity contribution in [3.8, 4) is 0 Å². The van der Waals surface area contributed by atoms with E-state index in [1.54, 1.807) is 0 Å². The molecule has 0 aliphatic heterocycles. The summed E-state index contributed by atoms with van der Waals surface area (Å²) in [5, 5.41) is 2.50. The van der Waals surface area contributed by atoms with E-state index in [9.17, 15) is 4.79 Å². The summed E-state index contributed by atoms with van der Waals surface area (Å²) in [6.45, 7) is 3.62. The summed E-state index contributed by atoms with van der Waals surface area (Å²) in [5.74, 6) is 0. The number of carbonyl (C=O) groups excluding carboxylic acids is 1. The van der Waals surface area contributed by atoms with Crippen molar-refractivity contribution in [2.75, 3.05) is 4.55 Å². The molecule has 0 aromatic heterocycles. The first-order chi connectivity index (χ1) is 4.16. The molecule has 0 rings (SSSR count). The molecule has 0 aliphatic rings. The monoisotopic (exact) mass is 243 g/mol. The van der Waals surface area contributed by atoms with Gasteiger partial charge in [-0.3, -0.25) is 0 Å². The van der Waals surface area contributed by atoms with E-state index >= 15 is 0 Å². The molecular formula is C5H10INO2. The summed E-state index contributed by atoms with van der Waals surface area (Å²) < 4.78 is 5.32. The molecule has 1 N–H and O–H groups in total. The Hall–Kier alpha value is 0. The first-order valence-electron chi connectivity index (χ1n) is 2.67. The van der Waals surface area contributed by atoms with Crippen LogP contribution in [0.4, 0.5) is 4.79 Å². The highest BCUT2D eigenvalue weighted by Gasteiger charge is 2.00. The third-order valence-corrected chi connectivity index (χ3v) is 0.935. The van der Waals surface area contributed by atoms with E-state index in [0.29, 0.717) is 4.55 Å². The standard InChI is InChI=1S/C5H10INO2/c1-4(2)9-5(8)7-3-6/h4H,3H2,1-2H3,(H,7,8). The van der Waals surface area contributed by atoms with Gasteiger partial charge in [0.15, 0.2) is 0 Å². The summed E-state index contributed by atoms with van der Waals surface area (Å²) in [6, 6.07) is 0. The fourth-order valence-electron chi connectivity index (χ4n) is 0.310. The minimum atomic E-state index is -0.348. The lowest BCUT2D eigenvalue weighted by molar-refractivity contribution is 0.117. The molecule has 0 aromatic carbocycles. The topological polar surface area (TPSA) is 38.3 Å². The summed E-state index contributed by atoms with van der Waals surface area (Å²) in [6.07, 6.45) is -0.382. The Balaban J connectivity index is 3.27. The number of ether oxygens (including phenoxy) is 1. The van der Waals surface area contributed by atoms with Gasteiger partial charge in [-0.2, -0.15) is 0 Å². The molecule has 9 heavy (non-hydrogen) atoms. The first kappa shape index (κ1) is 9.00. The maximum atomic E-state index is 10.5. The predicted octanol–water partition coefficient (Wildman–Crippen LogP) is 1.51. The Kier molecular flexibility index (Phi) is 4.84. The largest absolute Gasteiger partial charge is 0.447 e. The van der Waals surface area contributed by atoms with Gasteiger partial charge in [0.2, 0.25) is 0 Å². The highest BCUT2D eigenvalue weighted by molar-refractivity contribution is 14.1. The normalized spacial score (nSPS) is 9.33. The van der Waals surface area contributed by atoms with Gasteiger partial charge in [0.05, 0.1) is 10.7 Å². The highest BCUT2D eigenvalue weighted by Crippen LogP contribution is 1.88. The van der Waals surface area contributed by atoms with Crippen LogP contribution in [0.25, 0.3) is 0 Å². The summed E-state index contributed by atoms with van der Waals surface area (Å²) in [5.41, 5.74) is 0. The number of hydrogen-bond donors (Lipinski definition) is 1. The zero-order valence-corrected chi connectivity index (χ0v) is 7.64. The van der Waals surface area contributed by atoms with Gasteiger partial charge in [-0.25, -0.2) is 4.79 Å². The number of nitrogens with one attached hydrogen (secondary N) is 1. The van der Waals surface area contributed by atoms with E-state index in [-0.39, 0.29) is 12.2 Å². The van der Waals surface area contributed by atoms with E-state index in [2.05, 4.69) is 5.32 Å². The lowest BCUT2D eigenvalue weighted by Gasteiger charge is -2.06. The molecule has 0 aromatic rings. The molecule has 0 aliphatic carbocycles. The fourth-order valence-corrected chi connectivity index (χ4v) is 0.622. The van der Waals surface area contributed by atoms with Crippen LogP contribution in [0.2, 0.25) is 0 Å². The average Bonchev–Trinajstić information content (AvgIpc) is 1.63. The highest BCUT2D eigenvalue weighted by atomic mass is 127. The van der Waals surface area contributed by atoms with Crippen LogP contribution in [-0.4, -0.2) is 16.7 Å². The van der Waals surface area contributed by atoms with Crippen LogP contribution in [0, 0.1) is 0 Å². The van der Waals surface area contributed by atoms with Crippen LogP contribution < -0.4 is 5.32 Å². The summed E-state index contributed by atoms with van der Waals surface area (Å²) in [7, 11) is 0. The lowest BCUT2D eigenvalue weighted by Crippen LogP contribution is -2.25. The average molecular weight is 243 g/mol. The number of rotatable bonds is 2. The molecule has 0 unspecified atom stereocenters. The molecule has 4 heteroatoms. The Labute approximate surface area is 68.3 Å². The molecule has 0 bridgehead atoms. The van der Waals surface area contributed by atoms with Crippen LogP contribution in [0.5, 0.6) is 0 Å². The predicted molar refractivity (Wildman–Crippen MR) is 43.6 cm³/mol. The number of halogens is 1. The van der Waals surface area contributed by atoms with Gasteiger partial charge in [-0.05, 0) is 13.8 Å². The molecular weight excluding hydrogens is 233 g/mol. The SMILES string of the molecule is CC(C)OC(=O)NCI. The van der Waals surface area contributed by atoms with Crippen LogP contribution in [0.3, 0.4) is 0 Å². The van der Waals surface area contributed by atoms with Crippen molar-refractivity contribution in [2.45, 2.75) is 20.0 Å². The minimum absolute atomic E-state index is 0.0343. The van der Waals surface area contributed by atoms with Crippen molar-refractivity contribution in [3.63, 3.8) is 0 Å². The molecule has 1 amide bonds. The van der Waals surface area contributed by atoms with E-state index in [4.69, 9.17) is 4.74 Å². The smallest absolute Gasteiger partial charge is 0.407 e. The zero-order valence-electron chi connectivity index (χ0n) is 5.48. The minimum Gasteiger partial charge on any atom is -0.447 e. The Bertz CT molecular complexity index is 95.0.